The highest BCUT2D eigenvalue weighted by atomic mass is 79.9. The molecule has 1 aliphatic heterocycles. The normalized spacial score (nSPS) is 16.8. The summed E-state index contributed by atoms with van der Waals surface area (Å²) in [5.74, 6) is -0.0769. The zero-order valence-corrected chi connectivity index (χ0v) is 14.0. The standard InChI is InChI=1S/C16H10BrNOS2/c17-13-9-5-4-6-11(13)10-14-15(19)18(16(20)21-14)12-7-2-1-3-8-12/h1-10H. The van der Waals surface area contributed by atoms with Gasteiger partial charge < -0.3 is 0 Å². The smallest absolute Gasteiger partial charge is 0.268 e. The van der Waals surface area contributed by atoms with E-state index in [4.69, 9.17) is 12.2 Å². The number of thioether (sulfide) groups is 1. The Morgan fingerprint density at radius 1 is 1.05 bits per heavy atom. The van der Waals surface area contributed by atoms with Crippen molar-refractivity contribution in [3.05, 3.63) is 69.5 Å². The molecule has 0 unspecified atom stereocenters. The van der Waals surface area contributed by atoms with E-state index in [1.807, 2.05) is 60.7 Å². The first kappa shape index (κ1) is 14.5. The maximum Gasteiger partial charge on any atom is 0.270 e. The lowest BCUT2D eigenvalue weighted by atomic mass is 10.2. The van der Waals surface area contributed by atoms with Crippen molar-refractivity contribution in [2.24, 2.45) is 0 Å². The van der Waals surface area contributed by atoms with Crippen LogP contribution in [-0.2, 0) is 4.79 Å². The lowest BCUT2D eigenvalue weighted by molar-refractivity contribution is -0.113. The number of hydrogen-bond acceptors (Lipinski definition) is 3. The van der Waals surface area contributed by atoms with Crippen molar-refractivity contribution in [2.75, 3.05) is 4.90 Å². The summed E-state index contributed by atoms with van der Waals surface area (Å²) in [6.45, 7) is 0. The van der Waals surface area contributed by atoms with E-state index in [2.05, 4.69) is 15.9 Å². The van der Waals surface area contributed by atoms with Crippen molar-refractivity contribution in [3.63, 3.8) is 0 Å². The molecule has 2 nitrogen and oxygen atoms in total. The number of nitrogens with zero attached hydrogens (tertiary/aromatic N) is 1. The summed E-state index contributed by atoms with van der Waals surface area (Å²) in [5.41, 5.74) is 1.77. The lowest BCUT2D eigenvalue weighted by Crippen LogP contribution is -2.27. The fourth-order valence-corrected chi connectivity index (χ4v) is 3.69. The van der Waals surface area contributed by atoms with Gasteiger partial charge in [-0.05, 0) is 29.8 Å². The van der Waals surface area contributed by atoms with Crippen molar-refractivity contribution in [2.45, 2.75) is 0 Å². The fourth-order valence-electron chi connectivity index (χ4n) is 2.00. The monoisotopic (exact) mass is 375 g/mol. The Labute approximate surface area is 141 Å². The molecule has 1 heterocycles. The third-order valence-corrected chi connectivity index (χ3v) is 5.02. The molecule has 0 aliphatic carbocycles. The van der Waals surface area contributed by atoms with Gasteiger partial charge in [0.2, 0.25) is 0 Å². The number of para-hydroxylation sites is 1. The first-order chi connectivity index (χ1) is 10.2. The van der Waals surface area contributed by atoms with E-state index in [-0.39, 0.29) is 5.91 Å². The number of hydrogen-bond donors (Lipinski definition) is 0. The molecular weight excluding hydrogens is 366 g/mol. The van der Waals surface area contributed by atoms with Crippen molar-refractivity contribution in [1.29, 1.82) is 0 Å². The summed E-state index contributed by atoms with van der Waals surface area (Å²) in [7, 11) is 0. The third kappa shape index (κ3) is 2.95. The van der Waals surface area contributed by atoms with E-state index >= 15 is 0 Å². The molecule has 0 spiro atoms. The van der Waals surface area contributed by atoms with E-state index in [9.17, 15) is 4.79 Å². The van der Waals surface area contributed by atoms with Crippen molar-refractivity contribution >= 4 is 61.9 Å². The van der Waals surface area contributed by atoms with Gasteiger partial charge in [-0.15, -0.1) is 0 Å². The Kier molecular flexibility index (Phi) is 4.24. The number of carbonyl (C=O) groups is 1. The average molecular weight is 376 g/mol. The van der Waals surface area contributed by atoms with Crippen LogP contribution in [0.25, 0.3) is 6.08 Å². The third-order valence-electron chi connectivity index (χ3n) is 3.00. The summed E-state index contributed by atoms with van der Waals surface area (Å²) in [6.07, 6.45) is 1.87. The number of rotatable bonds is 2. The van der Waals surface area contributed by atoms with Crippen LogP contribution in [0.3, 0.4) is 0 Å². The highest BCUT2D eigenvalue weighted by Gasteiger charge is 2.33. The molecule has 2 aromatic carbocycles. The number of halogens is 1. The summed E-state index contributed by atoms with van der Waals surface area (Å²) in [4.78, 5) is 14.8. The Morgan fingerprint density at radius 3 is 2.43 bits per heavy atom. The zero-order chi connectivity index (χ0) is 14.8. The van der Waals surface area contributed by atoms with Gasteiger partial charge >= 0.3 is 0 Å². The van der Waals surface area contributed by atoms with E-state index in [0.29, 0.717) is 9.23 Å². The molecule has 3 rings (SSSR count). The van der Waals surface area contributed by atoms with Crippen molar-refractivity contribution < 1.29 is 4.79 Å². The summed E-state index contributed by atoms with van der Waals surface area (Å²) in [5, 5.41) is 0. The van der Waals surface area contributed by atoms with Gasteiger partial charge in [0.05, 0.1) is 10.6 Å². The highest BCUT2D eigenvalue weighted by Crippen LogP contribution is 2.36. The minimum absolute atomic E-state index is 0.0769. The lowest BCUT2D eigenvalue weighted by Gasteiger charge is -2.13. The van der Waals surface area contributed by atoms with Crippen molar-refractivity contribution in [3.8, 4) is 0 Å². The summed E-state index contributed by atoms with van der Waals surface area (Å²) >= 11 is 10.2. The second-order valence-corrected chi connectivity index (χ2v) is 6.90. The number of amides is 1. The minimum atomic E-state index is -0.0769. The number of anilines is 1. The second kappa shape index (κ2) is 6.13. The van der Waals surface area contributed by atoms with Crippen LogP contribution in [0.2, 0.25) is 0 Å². The highest BCUT2D eigenvalue weighted by molar-refractivity contribution is 9.10. The van der Waals surface area contributed by atoms with Crippen LogP contribution in [-0.4, -0.2) is 10.2 Å². The number of carbonyl (C=O) groups excluding carboxylic acids is 1. The SMILES string of the molecule is O=C1C(=Cc2ccccc2Br)SC(=S)N1c1ccccc1. The fraction of sp³-hybridized carbons (Fsp3) is 0. The van der Waals surface area contributed by atoms with Crippen LogP contribution in [0.15, 0.2) is 64.0 Å². The van der Waals surface area contributed by atoms with E-state index < -0.39 is 0 Å². The van der Waals surface area contributed by atoms with Gasteiger partial charge in [0.25, 0.3) is 5.91 Å². The minimum Gasteiger partial charge on any atom is -0.268 e. The number of benzene rings is 2. The van der Waals surface area contributed by atoms with Gasteiger partial charge in [-0.2, -0.15) is 0 Å². The Bertz CT molecular complexity index is 743. The van der Waals surface area contributed by atoms with Gasteiger partial charge in [0.15, 0.2) is 4.32 Å². The van der Waals surface area contributed by atoms with Gasteiger partial charge in [0, 0.05) is 4.47 Å². The molecular formula is C16H10BrNOS2. The van der Waals surface area contributed by atoms with Gasteiger partial charge in [-0.3, -0.25) is 9.69 Å². The predicted molar refractivity (Wildman–Crippen MR) is 96.2 cm³/mol. The van der Waals surface area contributed by atoms with Crippen LogP contribution in [0.1, 0.15) is 5.56 Å². The molecule has 1 aliphatic rings. The van der Waals surface area contributed by atoms with Gasteiger partial charge in [-0.1, -0.05) is 76.3 Å². The molecule has 2 aromatic rings. The maximum absolute atomic E-state index is 12.6. The Morgan fingerprint density at radius 2 is 1.71 bits per heavy atom. The topological polar surface area (TPSA) is 20.3 Å². The molecule has 21 heavy (non-hydrogen) atoms. The maximum atomic E-state index is 12.6. The molecule has 0 bridgehead atoms. The molecule has 1 fully saturated rings. The zero-order valence-electron chi connectivity index (χ0n) is 10.8. The Balaban J connectivity index is 1.96. The first-order valence-electron chi connectivity index (χ1n) is 6.24. The molecule has 5 heteroatoms. The van der Waals surface area contributed by atoms with Gasteiger partial charge in [-0.25, -0.2) is 0 Å². The van der Waals surface area contributed by atoms with Crippen LogP contribution in [0, 0.1) is 0 Å². The molecule has 1 amide bonds. The number of thiocarbonyl (C=S) groups is 1. The average Bonchev–Trinajstić information content (AvgIpc) is 2.77. The molecule has 0 N–H and O–H groups in total. The van der Waals surface area contributed by atoms with E-state index in [0.717, 1.165) is 15.7 Å². The quantitative estimate of drug-likeness (QED) is 0.552. The van der Waals surface area contributed by atoms with Crippen LogP contribution in [0.5, 0.6) is 0 Å². The molecule has 0 atom stereocenters. The van der Waals surface area contributed by atoms with Crippen molar-refractivity contribution in [1.82, 2.24) is 0 Å². The summed E-state index contributed by atoms with van der Waals surface area (Å²) in [6, 6.07) is 17.3. The first-order valence-corrected chi connectivity index (χ1v) is 8.26. The van der Waals surface area contributed by atoms with Crippen LogP contribution in [0.4, 0.5) is 5.69 Å². The summed E-state index contributed by atoms with van der Waals surface area (Å²) < 4.78 is 1.51. The Hall–Kier alpha value is -1.43. The molecule has 0 radical (unpaired) electrons. The van der Waals surface area contributed by atoms with Crippen LogP contribution < -0.4 is 4.90 Å². The van der Waals surface area contributed by atoms with Gasteiger partial charge in [0.1, 0.15) is 0 Å². The van der Waals surface area contributed by atoms with E-state index in [1.165, 1.54) is 11.8 Å². The largest absolute Gasteiger partial charge is 0.270 e. The molecule has 104 valence electrons. The predicted octanol–water partition coefficient (Wildman–Crippen LogP) is 4.85. The van der Waals surface area contributed by atoms with E-state index in [1.54, 1.807) is 4.90 Å². The van der Waals surface area contributed by atoms with Crippen LogP contribution >= 0.6 is 39.9 Å². The molecule has 0 saturated carbocycles. The second-order valence-electron chi connectivity index (χ2n) is 4.37. The molecule has 0 aromatic heterocycles. The molecule has 1 saturated heterocycles.